The van der Waals surface area contributed by atoms with Gasteiger partial charge >= 0.3 is 0 Å². The Morgan fingerprint density at radius 2 is 2.25 bits per heavy atom. The smallest absolute Gasteiger partial charge is 0.139 e. The first-order chi connectivity index (χ1) is 5.60. The van der Waals surface area contributed by atoms with Crippen LogP contribution in [0.15, 0.2) is 0 Å². The predicted molar refractivity (Wildman–Crippen MR) is 47.1 cm³/mol. The number of hydrogen-bond acceptors (Lipinski definition) is 3. The molecule has 3 nitrogen and oxygen atoms in total. The zero-order chi connectivity index (χ0) is 9.19. The average molecular weight is 171 g/mol. The van der Waals surface area contributed by atoms with Crippen LogP contribution < -0.4 is 0 Å². The lowest BCUT2D eigenvalue weighted by Gasteiger charge is -2.29. The van der Waals surface area contributed by atoms with Gasteiger partial charge in [0.05, 0.1) is 11.6 Å². The molecule has 1 fully saturated rings. The van der Waals surface area contributed by atoms with E-state index < -0.39 is 0 Å². The van der Waals surface area contributed by atoms with Crippen LogP contribution in [0.3, 0.4) is 0 Å². The lowest BCUT2D eigenvalue weighted by Crippen LogP contribution is -2.44. The maximum absolute atomic E-state index is 10.7. The van der Waals surface area contributed by atoms with E-state index in [1.54, 1.807) is 7.11 Å². The van der Waals surface area contributed by atoms with Gasteiger partial charge in [0.25, 0.3) is 0 Å². The van der Waals surface area contributed by atoms with Crippen LogP contribution in [0.4, 0.5) is 0 Å². The Morgan fingerprint density at radius 1 is 1.58 bits per heavy atom. The highest BCUT2D eigenvalue weighted by Gasteiger charge is 2.32. The van der Waals surface area contributed by atoms with Crippen molar-refractivity contribution in [3.8, 4) is 0 Å². The molecule has 0 aromatic rings. The summed E-state index contributed by atoms with van der Waals surface area (Å²) >= 11 is 0. The summed E-state index contributed by atoms with van der Waals surface area (Å²) in [4.78, 5) is 12.9. The Labute approximate surface area is 73.7 Å². The van der Waals surface area contributed by atoms with E-state index in [1.807, 2.05) is 13.8 Å². The third-order valence-corrected chi connectivity index (χ3v) is 2.58. The van der Waals surface area contributed by atoms with E-state index in [4.69, 9.17) is 4.74 Å². The van der Waals surface area contributed by atoms with Crippen molar-refractivity contribution in [2.75, 3.05) is 20.2 Å². The van der Waals surface area contributed by atoms with Crippen molar-refractivity contribution < 1.29 is 9.53 Å². The molecule has 0 aromatic carbocycles. The van der Waals surface area contributed by atoms with E-state index >= 15 is 0 Å². The molecule has 0 amide bonds. The maximum atomic E-state index is 10.7. The highest BCUT2D eigenvalue weighted by molar-refractivity contribution is 5.62. The molecule has 1 atom stereocenters. The number of rotatable bonds is 3. The van der Waals surface area contributed by atoms with Gasteiger partial charge in [-0.3, -0.25) is 4.90 Å². The summed E-state index contributed by atoms with van der Waals surface area (Å²) in [6.07, 6.45) is 2.35. The van der Waals surface area contributed by atoms with Crippen LogP contribution in [0.1, 0.15) is 20.3 Å². The third-order valence-electron chi connectivity index (χ3n) is 2.58. The molecule has 0 bridgehead atoms. The molecule has 0 radical (unpaired) electrons. The monoisotopic (exact) mass is 171 g/mol. The number of carbonyl (C=O) groups is 1. The van der Waals surface area contributed by atoms with Crippen LogP contribution in [0.5, 0.6) is 0 Å². The van der Waals surface area contributed by atoms with Crippen molar-refractivity contribution in [3.63, 3.8) is 0 Å². The maximum Gasteiger partial charge on any atom is 0.139 e. The fourth-order valence-electron chi connectivity index (χ4n) is 1.52. The van der Waals surface area contributed by atoms with E-state index in [0.29, 0.717) is 6.10 Å². The first-order valence-corrected chi connectivity index (χ1v) is 4.34. The lowest BCUT2D eigenvalue weighted by molar-refractivity contribution is -0.116. The van der Waals surface area contributed by atoms with Gasteiger partial charge in [0.15, 0.2) is 0 Å². The summed E-state index contributed by atoms with van der Waals surface area (Å²) in [5.41, 5.74) is -0.326. The van der Waals surface area contributed by atoms with Crippen molar-refractivity contribution in [1.29, 1.82) is 0 Å². The van der Waals surface area contributed by atoms with Gasteiger partial charge < -0.3 is 9.53 Å². The minimum atomic E-state index is -0.326. The normalized spacial score (nSPS) is 26.1. The van der Waals surface area contributed by atoms with Crippen molar-refractivity contribution in [2.24, 2.45) is 0 Å². The quantitative estimate of drug-likeness (QED) is 0.585. The van der Waals surface area contributed by atoms with Crippen molar-refractivity contribution in [2.45, 2.75) is 31.9 Å². The number of hydrogen-bond donors (Lipinski definition) is 0. The summed E-state index contributed by atoms with van der Waals surface area (Å²) in [7, 11) is 1.72. The molecule has 0 N–H and O–H groups in total. The second-order valence-electron chi connectivity index (χ2n) is 3.86. The van der Waals surface area contributed by atoms with E-state index in [2.05, 4.69) is 4.90 Å². The third kappa shape index (κ3) is 1.84. The van der Waals surface area contributed by atoms with Crippen LogP contribution in [0, 0.1) is 0 Å². The fraction of sp³-hybridized carbons (Fsp3) is 0.889. The SMILES string of the molecule is COC1CCN(C(C)(C)C=O)C1. The number of nitrogens with zero attached hydrogens (tertiary/aromatic N) is 1. The highest BCUT2D eigenvalue weighted by atomic mass is 16.5. The molecule has 0 aliphatic carbocycles. The van der Waals surface area contributed by atoms with Crippen LogP contribution in [0.2, 0.25) is 0 Å². The van der Waals surface area contributed by atoms with Crippen LogP contribution in [-0.4, -0.2) is 43.0 Å². The Kier molecular flexibility index (Phi) is 2.85. The van der Waals surface area contributed by atoms with Crippen molar-refractivity contribution in [1.82, 2.24) is 4.90 Å². The van der Waals surface area contributed by atoms with Gasteiger partial charge in [-0.1, -0.05) is 0 Å². The first kappa shape index (κ1) is 9.68. The van der Waals surface area contributed by atoms with Gasteiger partial charge in [0.1, 0.15) is 6.29 Å². The summed E-state index contributed by atoms with van der Waals surface area (Å²) in [5, 5.41) is 0. The number of ether oxygens (including phenoxy) is 1. The van der Waals surface area contributed by atoms with E-state index in [1.165, 1.54) is 0 Å². The Bertz CT molecular complexity index is 168. The number of aldehydes is 1. The van der Waals surface area contributed by atoms with E-state index in [-0.39, 0.29) is 5.54 Å². The molecule has 70 valence electrons. The summed E-state index contributed by atoms with van der Waals surface area (Å²) < 4.78 is 5.22. The molecular formula is C9H17NO2. The zero-order valence-corrected chi connectivity index (χ0v) is 8.04. The minimum absolute atomic E-state index is 0.309. The van der Waals surface area contributed by atoms with Gasteiger partial charge in [0, 0.05) is 20.2 Å². The van der Waals surface area contributed by atoms with Gasteiger partial charge in [0.2, 0.25) is 0 Å². The molecule has 12 heavy (non-hydrogen) atoms. The number of likely N-dealkylation sites (tertiary alicyclic amines) is 1. The van der Waals surface area contributed by atoms with E-state index in [0.717, 1.165) is 25.8 Å². The molecule has 1 aliphatic heterocycles. The molecule has 0 aromatic heterocycles. The largest absolute Gasteiger partial charge is 0.380 e. The fourth-order valence-corrected chi connectivity index (χ4v) is 1.52. The molecule has 0 spiro atoms. The van der Waals surface area contributed by atoms with Gasteiger partial charge in [-0.05, 0) is 20.3 Å². The van der Waals surface area contributed by atoms with Gasteiger partial charge in [-0.2, -0.15) is 0 Å². The molecule has 1 aliphatic rings. The molecular weight excluding hydrogens is 154 g/mol. The molecule has 1 heterocycles. The van der Waals surface area contributed by atoms with Crippen LogP contribution >= 0.6 is 0 Å². The van der Waals surface area contributed by atoms with Crippen molar-refractivity contribution >= 4 is 6.29 Å². The molecule has 1 rings (SSSR count). The molecule has 3 heteroatoms. The Hall–Kier alpha value is -0.410. The topological polar surface area (TPSA) is 29.5 Å². The molecule has 0 saturated carbocycles. The van der Waals surface area contributed by atoms with Crippen LogP contribution in [-0.2, 0) is 9.53 Å². The summed E-state index contributed by atoms with van der Waals surface area (Å²) in [5.74, 6) is 0. The van der Waals surface area contributed by atoms with Crippen molar-refractivity contribution in [3.05, 3.63) is 0 Å². The number of methoxy groups -OCH3 is 1. The van der Waals surface area contributed by atoms with Gasteiger partial charge in [-0.25, -0.2) is 0 Å². The Balaban J connectivity index is 2.51. The average Bonchev–Trinajstić information content (AvgIpc) is 2.52. The highest BCUT2D eigenvalue weighted by Crippen LogP contribution is 2.20. The second kappa shape index (κ2) is 3.54. The number of carbonyl (C=O) groups excluding carboxylic acids is 1. The standard InChI is InChI=1S/C9H17NO2/c1-9(2,7-11)10-5-4-8(6-10)12-3/h7-8H,4-6H2,1-3H3. The molecule has 1 unspecified atom stereocenters. The first-order valence-electron chi connectivity index (χ1n) is 4.34. The van der Waals surface area contributed by atoms with E-state index in [9.17, 15) is 4.79 Å². The van der Waals surface area contributed by atoms with Gasteiger partial charge in [-0.15, -0.1) is 0 Å². The minimum Gasteiger partial charge on any atom is -0.380 e. The molecule has 1 saturated heterocycles. The lowest BCUT2D eigenvalue weighted by atomic mass is 10.1. The summed E-state index contributed by atoms with van der Waals surface area (Å²) in [6.45, 7) is 5.72. The summed E-state index contributed by atoms with van der Waals surface area (Å²) in [6, 6.07) is 0. The predicted octanol–water partition coefficient (Wildman–Crippen LogP) is 0.685. The second-order valence-corrected chi connectivity index (χ2v) is 3.86. The zero-order valence-electron chi connectivity index (χ0n) is 8.04. The Morgan fingerprint density at radius 3 is 2.67 bits per heavy atom. The van der Waals surface area contributed by atoms with Crippen LogP contribution in [0.25, 0.3) is 0 Å².